The minimum atomic E-state index is -2.28. The zero-order valence-electron chi connectivity index (χ0n) is 45.1. The average molecular weight is 1110 g/mol. The number of aliphatic hydroxyl groups excluding tert-OH is 1. The molecule has 10 rings (SSSR count). The summed E-state index contributed by atoms with van der Waals surface area (Å²) in [5.74, 6) is -0.222. The number of carbonyl (C=O) groups excluding carboxylic acids is 6. The molecule has 6 aromatic rings. The standard InChI is InChI=1S/C62H56N4O16/c1-76-49-33-41-27-28-63(35-43(41)34-50(49)77-2)56(68)51-53-59(71)82-54(40-16-9-6-10-17-40)52(39-14-7-5-8-15-39)65(53)55(42-18-12-19-45(32-42)80-30-29-67)62(51)47-31-37(13-11-20-46(57(69)78-3)58(70)79-4)23-26-48(47)64(60(62)72)61(73)81-36-38-21-24-44(25-22-38)66(74)75/h5-10,12,14-19,21-26,31-34,46,51-55,67H,20,27-30,35-36H2,1-4H3/t51-,52-,53-,54+,55+,62-/m1/s1. The predicted molar refractivity (Wildman–Crippen MR) is 292 cm³/mol. The number of hydrogen-bond acceptors (Lipinski definition) is 17. The molecule has 82 heavy (non-hydrogen) atoms. The van der Waals surface area contributed by atoms with E-state index in [1.807, 2.05) is 71.6 Å². The van der Waals surface area contributed by atoms with E-state index in [0.29, 0.717) is 45.7 Å². The molecule has 420 valence electrons. The Morgan fingerprint density at radius 2 is 1.44 bits per heavy atom. The number of imide groups is 1. The molecule has 20 heteroatoms. The van der Waals surface area contributed by atoms with Crippen LogP contribution in [0.5, 0.6) is 17.2 Å². The van der Waals surface area contributed by atoms with Gasteiger partial charge in [-0.3, -0.25) is 39.0 Å². The van der Waals surface area contributed by atoms with Gasteiger partial charge in [0.1, 0.15) is 36.5 Å². The monoisotopic (exact) mass is 1110 g/mol. The number of rotatable bonds is 15. The molecule has 0 aliphatic carbocycles. The second-order valence-corrected chi connectivity index (χ2v) is 19.9. The molecule has 2 saturated heterocycles. The van der Waals surface area contributed by atoms with Gasteiger partial charge in [0, 0.05) is 37.2 Å². The Morgan fingerprint density at radius 1 is 0.780 bits per heavy atom. The topological polar surface area (TPSA) is 240 Å². The second-order valence-electron chi connectivity index (χ2n) is 19.9. The summed E-state index contributed by atoms with van der Waals surface area (Å²) in [6, 6.07) is 34.7. The van der Waals surface area contributed by atoms with Gasteiger partial charge < -0.3 is 43.2 Å². The normalized spacial score (nSPS) is 20.6. The Hall–Kier alpha value is -9.58. The van der Waals surface area contributed by atoms with Gasteiger partial charge in [-0.25, -0.2) is 9.69 Å². The van der Waals surface area contributed by atoms with Crippen LogP contribution in [0.1, 0.15) is 69.1 Å². The number of cyclic esters (lactones) is 1. The molecular weight excluding hydrogens is 1060 g/mol. The number of carbonyl (C=O) groups is 6. The fraction of sp³-hybridized carbons (Fsp3) is 0.290. The maximum absolute atomic E-state index is 17.0. The third-order valence-electron chi connectivity index (χ3n) is 15.5. The van der Waals surface area contributed by atoms with Gasteiger partial charge in [-0.15, -0.1) is 0 Å². The minimum Gasteiger partial charge on any atom is -0.493 e. The number of aliphatic hydroxyl groups is 1. The van der Waals surface area contributed by atoms with Crippen molar-refractivity contribution in [3.63, 3.8) is 0 Å². The summed E-state index contributed by atoms with van der Waals surface area (Å²) in [6.07, 6.45) is -2.24. The van der Waals surface area contributed by atoms with Gasteiger partial charge in [0.25, 0.3) is 5.69 Å². The Morgan fingerprint density at radius 3 is 2.09 bits per heavy atom. The van der Waals surface area contributed by atoms with Gasteiger partial charge in [0.05, 0.1) is 63.7 Å². The first kappa shape index (κ1) is 55.7. The van der Waals surface area contributed by atoms with Gasteiger partial charge in [-0.1, -0.05) is 84.6 Å². The fourth-order valence-electron chi connectivity index (χ4n) is 11.9. The van der Waals surface area contributed by atoms with Crippen LogP contribution in [-0.2, 0) is 67.9 Å². The number of nitro groups is 1. The van der Waals surface area contributed by atoms with E-state index in [4.69, 9.17) is 33.2 Å². The number of ether oxygens (including phenoxy) is 7. The maximum Gasteiger partial charge on any atom is 0.421 e. The third kappa shape index (κ3) is 10.1. The lowest BCUT2D eigenvalue weighted by Crippen LogP contribution is -2.57. The van der Waals surface area contributed by atoms with Gasteiger partial charge in [-0.2, -0.15) is 0 Å². The minimum absolute atomic E-state index is 0.00187. The molecule has 4 aliphatic rings. The molecule has 1 spiro atoms. The number of fused-ring (bicyclic) bond motifs is 4. The molecule has 1 N–H and O–H groups in total. The first-order valence-corrected chi connectivity index (χ1v) is 26.3. The summed E-state index contributed by atoms with van der Waals surface area (Å²) in [7, 11) is 5.27. The number of morpholine rings is 1. The summed E-state index contributed by atoms with van der Waals surface area (Å²) in [4.78, 5) is 106. The zero-order chi connectivity index (χ0) is 57.8. The Labute approximate surface area is 471 Å². The molecule has 20 nitrogen and oxygen atoms in total. The van der Waals surface area contributed by atoms with Crippen LogP contribution in [0.4, 0.5) is 16.2 Å². The molecule has 0 unspecified atom stereocenters. The van der Waals surface area contributed by atoms with Crippen LogP contribution in [0.15, 0.2) is 140 Å². The Balaban J connectivity index is 1.25. The number of esters is 3. The van der Waals surface area contributed by atoms with Gasteiger partial charge in [0.15, 0.2) is 17.4 Å². The zero-order valence-corrected chi connectivity index (χ0v) is 45.1. The van der Waals surface area contributed by atoms with Crippen molar-refractivity contribution in [2.45, 2.75) is 55.6 Å². The number of nitro benzene ring substituents is 1. The van der Waals surface area contributed by atoms with Crippen molar-refractivity contribution >= 4 is 47.2 Å². The first-order chi connectivity index (χ1) is 39.8. The summed E-state index contributed by atoms with van der Waals surface area (Å²) in [6.45, 7) is -0.773. The number of methoxy groups -OCH3 is 4. The number of benzene rings is 6. The van der Waals surface area contributed by atoms with E-state index >= 15 is 19.2 Å². The lowest BCUT2D eigenvalue weighted by molar-refractivity contribution is -0.384. The summed E-state index contributed by atoms with van der Waals surface area (Å²) < 4.78 is 39.7. The molecule has 3 amide bonds. The number of amides is 3. The Bertz CT molecular complexity index is 3510. The second kappa shape index (κ2) is 23.6. The summed E-state index contributed by atoms with van der Waals surface area (Å²) >= 11 is 0. The number of anilines is 1. The molecule has 0 aromatic heterocycles. The van der Waals surface area contributed by atoms with E-state index in [-0.39, 0.29) is 61.0 Å². The van der Waals surface area contributed by atoms with Gasteiger partial charge in [0.2, 0.25) is 11.8 Å². The molecule has 4 aliphatic heterocycles. The average Bonchev–Trinajstić information content (AvgIpc) is 1.75. The fourth-order valence-corrected chi connectivity index (χ4v) is 11.9. The van der Waals surface area contributed by atoms with Gasteiger partial charge >= 0.3 is 24.0 Å². The van der Waals surface area contributed by atoms with Crippen molar-refractivity contribution in [1.29, 1.82) is 0 Å². The van der Waals surface area contributed by atoms with E-state index in [1.165, 1.54) is 50.6 Å². The van der Waals surface area contributed by atoms with Crippen LogP contribution < -0.4 is 19.1 Å². The lowest BCUT2D eigenvalue weighted by atomic mass is 9.64. The number of non-ortho nitro benzene ring substituents is 1. The van der Waals surface area contributed by atoms with E-state index in [9.17, 15) is 24.8 Å². The highest BCUT2D eigenvalue weighted by atomic mass is 16.6. The predicted octanol–water partition coefficient (Wildman–Crippen LogP) is 7.27. The molecule has 2 fully saturated rings. The van der Waals surface area contributed by atoms with Crippen molar-refractivity contribution in [1.82, 2.24) is 9.80 Å². The molecular formula is C62H56N4O16. The van der Waals surface area contributed by atoms with Crippen LogP contribution in [-0.4, -0.2) is 110 Å². The van der Waals surface area contributed by atoms with Crippen molar-refractivity contribution in [2.24, 2.45) is 11.8 Å². The lowest BCUT2D eigenvalue weighted by Gasteiger charge is -2.46. The SMILES string of the molecule is COC(=O)C(CC#Cc1ccc2c(c1)[C@]1(C(=O)N2C(=O)OCc2ccc([N+](=O)[O-])cc2)[C@H](c2cccc(OCCO)c2)N2[C@H](c3ccccc3)[C@H](c3ccccc3)OC(=O)[C@H]2[C@@H]1C(=O)N1CCc2cc(OC)c(OC)cc2C1)C(=O)OC. The highest BCUT2D eigenvalue weighted by Crippen LogP contribution is 2.66. The van der Waals surface area contributed by atoms with Crippen LogP contribution in [0.25, 0.3) is 0 Å². The summed E-state index contributed by atoms with van der Waals surface area (Å²) in [5, 5.41) is 21.5. The molecule has 0 saturated carbocycles. The number of hydrogen-bond donors (Lipinski definition) is 1. The third-order valence-corrected chi connectivity index (χ3v) is 15.5. The van der Waals surface area contributed by atoms with Crippen LogP contribution in [0, 0.1) is 33.8 Å². The molecule has 6 atom stereocenters. The highest BCUT2D eigenvalue weighted by Gasteiger charge is 2.76. The summed E-state index contributed by atoms with van der Waals surface area (Å²) in [5.41, 5.74) is 1.37. The molecule has 0 radical (unpaired) electrons. The molecule has 6 aromatic carbocycles. The van der Waals surface area contributed by atoms with Gasteiger partial charge in [-0.05, 0) is 100.0 Å². The van der Waals surface area contributed by atoms with E-state index in [0.717, 1.165) is 24.7 Å². The molecule has 4 heterocycles. The van der Waals surface area contributed by atoms with Crippen molar-refractivity contribution in [2.75, 3.05) is 53.1 Å². The van der Waals surface area contributed by atoms with Crippen molar-refractivity contribution < 1.29 is 72.0 Å². The maximum atomic E-state index is 17.0. The van der Waals surface area contributed by atoms with E-state index < -0.39 is 88.8 Å². The largest absolute Gasteiger partial charge is 0.493 e. The first-order valence-electron chi connectivity index (χ1n) is 26.3. The smallest absolute Gasteiger partial charge is 0.421 e. The van der Waals surface area contributed by atoms with Crippen molar-refractivity contribution in [3.05, 3.63) is 194 Å². The van der Waals surface area contributed by atoms with E-state index in [2.05, 4.69) is 11.8 Å². The van der Waals surface area contributed by atoms with Crippen LogP contribution in [0.2, 0.25) is 0 Å². The highest BCUT2D eigenvalue weighted by molar-refractivity contribution is 6.23. The van der Waals surface area contributed by atoms with Crippen LogP contribution >= 0.6 is 0 Å². The number of nitrogens with zero attached hydrogens (tertiary/aromatic N) is 4. The van der Waals surface area contributed by atoms with Crippen molar-refractivity contribution in [3.8, 4) is 29.1 Å². The molecule has 0 bridgehead atoms. The quantitative estimate of drug-likeness (QED) is 0.0265. The Kier molecular flexibility index (Phi) is 16.1. The van der Waals surface area contributed by atoms with Crippen LogP contribution in [0.3, 0.4) is 0 Å². The van der Waals surface area contributed by atoms with E-state index in [1.54, 1.807) is 41.3 Å².